The van der Waals surface area contributed by atoms with Gasteiger partial charge < -0.3 is 19.5 Å². The molecule has 4 heteroatoms. The summed E-state index contributed by atoms with van der Waals surface area (Å²) in [6.07, 6.45) is -0.00405. The smallest absolute Gasteiger partial charge is 0.134 e. The maximum Gasteiger partial charge on any atom is 0.134 e. The molecule has 0 aromatic heterocycles. The molecule has 1 rings (SSSR count). The van der Waals surface area contributed by atoms with Crippen molar-refractivity contribution in [2.45, 2.75) is 26.9 Å². The van der Waals surface area contributed by atoms with Gasteiger partial charge in [0.2, 0.25) is 0 Å². The van der Waals surface area contributed by atoms with E-state index in [1.54, 1.807) is 7.11 Å². The first-order valence-corrected chi connectivity index (χ1v) is 7.24. The van der Waals surface area contributed by atoms with Crippen LogP contribution in [0, 0.1) is 5.92 Å². The summed E-state index contributed by atoms with van der Waals surface area (Å²) >= 11 is 0. The Bertz CT molecular complexity index is 368. The van der Waals surface area contributed by atoms with Gasteiger partial charge in [-0.2, -0.15) is 0 Å². The Hall–Kier alpha value is -1.26. The van der Waals surface area contributed by atoms with Crippen LogP contribution in [0.15, 0.2) is 24.3 Å². The molecule has 0 bridgehead atoms. The van der Waals surface area contributed by atoms with E-state index >= 15 is 0 Å². The van der Waals surface area contributed by atoms with Crippen molar-refractivity contribution < 1.29 is 14.2 Å². The summed E-state index contributed by atoms with van der Waals surface area (Å²) in [7, 11) is 1.69. The topological polar surface area (TPSA) is 39.7 Å². The van der Waals surface area contributed by atoms with E-state index in [0.29, 0.717) is 19.1 Å². The molecule has 0 aliphatic carbocycles. The zero-order valence-electron chi connectivity index (χ0n) is 13.0. The van der Waals surface area contributed by atoms with Crippen molar-refractivity contribution in [2.24, 2.45) is 5.92 Å². The third-order valence-corrected chi connectivity index (χ3v) is 2.70. The second kappa shape index (κ2) is 9.61. The van der Waals surface area contributed by atoms with Crippen LogP contribution in [-0.2, 0) is 4.74 Å². The minimum atomic E-state index is -0.00405. The quantitative estimate of drug-likeness (QED) is 0.716. The third-order valence-electron chi connectivity index (χ3n) is 2.70. The Morgan fingerprint density at radius 3 is 2.55 bits per heavy atom. The summed E-state index contributed by atoms with van der Waals surface area (Å²) in [5.41, 5.74) is 0. The maximum absolute atomic E-state index is 5.96. The largest absolute Gasteiger partial charge is 0.494 e. The van der Waals surface area contributed by atoms with Crippen LogP contribution in [0.25, 0.3) is 0 Å². The summed E-state index contributed by atoms with van der Waals surface area (Å²) in [5.74, 6) is 2.26. The Labute approximate surface area is 122 Å². The van der Waals surface area contributed by atoms with Crippen molar-refractivity contribution in [3.05, 3.63) is 24.3 Å². The molecule has 4 nitrogen and oxygen atoms in total. The fourth-order valence-electron chi connectivity index (χ4n) is 1.85. The summed E-state index contributed by atoms with van der Waals surface area (Å²) < 4.78 is 16.6. The molecule has 1 aromatic carbocycles. The predicted octanol–water partition coefficient (Wildman–Crippen LogP) is 2.72. The number of methoxy groups -OCH3 is 1. The van der Waals surface area contributed by atoms with Crippen LogP contribution < -0.4 is 14.8 Å². The second-order valence-corrected chi connectivity index (χ2v) is 5.16. The lowest BCUT2D eigenvalue weighted by Gasteiger charge is -2.20. The molecule has 0 aliphatic heterocycles. The Balaban J connectivity index is 2.53. The van der Waals surface area contributed by atoms with Crippen LogP contribution in [0.5, 0.6) is 11.5 Å². The lowest BCUT2D eigenvalue weighted by molar-refractivity contribution is 0.0800. The number of ether oxygens (including phenoxy) is 3. The molecule has 0 aliphatic rings. The molecule has 1 atom stereocenters. The predicted molar refractivity (Wildman–Crippen MR) is 81.6 cm³/mol. The van der Waals surface area contributed by atoms with Gasteiger partial charge in [-0.15, -0.1) is 0 Å². The highest BCUT2D eigenvalue weighted by Crippen LogP contribution is 2.20. The summed E-state index contributed by atoms with van der Waals surface area (Å²) in [4.78, 5) is 0. The molecular weight excluding hydrogens is 254 g/mol. The number of hydrogen-bond acceptors (Lipinski definition) is 4. The third kappa shape index (κ3) is 6.78. The molecule has 0 saturated heterocycles. The zero-order chi connectivity index (χ0) is 14.8. The maximum atomic E-state index is 5.96. The van der Waals surface area contributed by atoms with E-state index in [1.165, 1.54) is 0 Å². The molecule has 0 saturated carbocycles. The van der Waals surface area contributed by atoms with E-state index in [-0.39, 0.29) is 6.10 Å². The average Bonchev–Trinajstić information content (AvgIpc) is 2.39. The van der Waals surface area contributed by atoms with Gasteiger partial charge in [-0.25, -0.2) is 0 Å². The molecule has 0 heterocycles. The normalized spacial score (nSPS) is 12.4. The summed E-state index contributed by atoms with van der Waals surface area (Å²) in [6, 6.07) is 7.71. The first kappa shape index (κ1) is 16.8. The first-order valence-electron chi connectivity index (χ1n) is 7.24. The molecule has 1 N–H and O–H groups in total. The Morgan fingerprint density at radius 2 is 1.90 bits per heavy atom. The van der Waals surface area contributed by atoms with Crippen molar-refractivity contribution in [2.75, 3.05) is 33.4 Å². The second-order valence-electron chi connectivity index (χ2n) is 5.16. The van der Waals surface area contributed by atoms with Crippen LogP contribution in [0.4, 0.5) is 0 Å². The number of benzene rings is 1. The lowest BCUT2D eigenvalue weighted by atomic mass is 10.2. The summed E-state index contributed by atoms with van der Waals surface area (Å²) in [6.45, 7) is 9.30. The van der Waals surface area contributed by atoms with Crippen LogP contribution in [0.1, 0.15) is 20.8 Å². The fraction of sp³-hybridized carbons (Fsp3) is 0.625. The molecular formula is C16H27NO3. The van der Waals surface area contributed by atoms with Gasteiger partial charge in [-0.3, -0.25) is 0 Å². The molecule has 1 unspecified atom stereocenters. The highest BCUT2D eigenvalue weighted by Gasteiger charge is 2.11. The van der Waals surface area contributed by atoms with Gasteiger partial charge in [0.15, 0.2) is 0 Å². The van der Waals surface area contributed by atoms with Gasteiger partial charge in [-0.1, -0.05) is 19.9 Å². The minimum absolute atomic E-state index is 0.00405. The van der Waals surface area contributed by atoms with E-state index < -0.39 is 0 Å². The molecule has 20 heavy (non-hydrogen) atoms. The molecule has 0 spiro atoms. The Morgan fingerprint density at radius 1 is 1.15 bits per heavy atom. The average molecular weight is 281 g/mol. The van der Waals surface area contributed by atoms with Gasteiger partial charge in [0.05, 0.1) is 13.2 Å². The number of hydrogen-bond donors (Lipinski definition) is 1. The molecule has 0 fully saturated rings. The Kier molecular flexibility index (Phi) is 8.07. The van der Waals surface area contributed by atoms with E-state index in [0.717, 1.165) is 24.6 Å². The van der Waals surface area contributed by atoms with E-state index in [4.69, 9.17) is 14.2 Å². The molecule has 0 radical (unpaired) electrons. The highest BCUT2D eigenvalue weighted by molar-refractivity contribution is 5.33. The minimum Gasteiger partial charge on any atom is -0.494 e. The van der Waals surface area contributed by atoms with Gasteiger partial charge in [0.25, 0.3) is 0 Å². The van der Waals surface area contributed by atoms with Crippen molar-refractivity contribution in [3.63, 3.8) is 0 Å². The van der Waals surface area contributed by atoms with Gasteiger partial charge >= 0.3 is 0 Å². The fourth-order valence-corrected chi connectivity index (χ4v) is 1.85. The van der Waals surface area contributed by atoms with E-state index in [2.05, 4.69) is 19.2 Å². The molecule has 1 aromatic rings. The monoisotopic (exact) mass is 281 g/mol. The van der Waals surface area contributed by atoms with Crippen LogP contribution in [0.3, 0.4) is 0 Å². The van der Waals surface area contributed by atoms with Crippen molar-refractivity contribution >= 4 is 0 Å². The summed E-state index contributed by atoms with van der Waals surface area (Å²) in [5, 5.41) is 3.39. The van der Waals surface area contributed by atoms with Crippen LogP contribution in [0.2, 0.25) is 0 Å². The first-order chi connectivity index (χ1) is 9.65. The van der Waals surface area contributed by atoms with Crippen molar-refractivity contribution in [1.82, 2.24) is 5.32 Å². The number of nitrogens with one attached hydrogen (secondary N) is 1. The SMILES string of the molecule is CCOc1cccc(OC(CNCC(C)C)COC)c1. The van der Waals surface area contributed by atoms with Gasteiger partial charge in [0.1, 0.15) is 17.6 Å². The van der Waals surface area contributed by atoms with Crippen molar-refractivity contribution in [1.29, 1.82) is 0 Å². The van der Waals surface area contributed by atoms with Crippen molar-refractivity contribution in [3.8, 4) is 11.5 Å². The van der Waals surface area contributed by atoms with E-state index in [1.807, 2.05) is 31.2 Å². The molecule has 0 amide bonds. The molecule has 114 valence electrons. The van der Waals surface area contributed by atoms with Crippen LogP contribution >= 0.6 is 0 Å². The van der Waals surface area contributed by atoms with Gasteiger partial charge in [-0.05, 0) is 31.5 Å². The standard InChI is InChI=1S/C16H27NO3/c1-5-19-14-7-6-8-15(9-14)20-16(12-18-4)11-17-10-13(2)3/h6-9,13,16-17H,5,10-12H2,1-4H3. The van der Waals surface area contributed by atoms with Crippen LogP contribution in [-0.4, -0.2) is 39.5 Å². The van der Waals surface area contributed by atoms with E-state index in [9.17, 15) is 0 Å². The highest BCUT2D eigenvalue weighted by atomic mass is 16.5. The lowest BCUT2D eigenvalue weighted by Crippen LogP contribution is -2.36. The zero-order valence-corrected chi connectivity index (χ0v) is 13.0. The van der Waals surface area contributed by atoms with Gasteiger partial charge in [0, 0.05) is 19.7 Å². The number of rotatable bonds is 10.